The molecule has 2 aliphatic rings. The number of nitrogens with one attached hydrogen (secondary N) is 4. The maximum atomic E-state index is 12.9. The Morgan fingerprint density at radius 1 is 1.02 bits per heavy atom. The van der Waals surface area contributed by atoms with Crippen LogP contribution < -0.4 is 21.3 Å². The molecule has 44 heavy (non-hydrogen) atoms. The predicted octanol–water partition coefficient (Wildman–Crippen LogP) is -1.12. The number of amides is 1. The molecule has 2 fully saturated rings. The first-order valence-corrected chi connectivity index (χ1v) is 14.5. The standard InChI is InChI=1S/C30H36N8O6/c39-22-15-31-14-21(22)37-30(43)25(40)24(44-29(30)42)28(41)32-11-12-38-17-36-23-26(34-16-35-27(23)38)33-13-20(18-7-3-1-4-8-18)19-9-5-2-6-10-19/h1-10,16-17,20-22,24-25,29,31,37,39-40,42-43H,11-15H2,(H,32,41)(H,33,34,35)/t21?,22?,24-,25+,29+,30+/m0/s1. The number of aromatic nitrogens is 4. The lowest BCUT2D eigenvalue weighted by Gasteiger charge is -2.33. The SMILES string of the molecule is O=C(NCCn1cnc2c(NCC(c3ccccc3)c3ccccc3)ncnc21)[C@H]1O[C@@H](O)[C@@](O)(NC2CNCC2O)[C@@H]1O. The highest BCUT2D eigenvalue weighted by atomic mass is 16.7. The van der Waals surface area contributed by atoms with Crippen molar-refractivity contribution in [3.8, 4) is 0 Å². The van der Waals surface area contributed by atoms with Crippen molar-refractivity contribution in [1.82, 2.24) is 35.5 Å². The van der Waals surface area contributed by atoms with E-state index in [2.05, 4.69) is 60.5 Å². The summed E-state index contributed by atoms with van der Waals surface area (Å²) in [6, 6.07) is 19.8. The Morgan fingerprint density at radius 3 is 2.39 bits per heavy atom. The number of rotatable bonds is 11. The zero-order valence-electron chi connectivity index (χ0n) is 23.8. The normalized spacial score (nSPS) is 26.8. The average molecular weight is 605 g/mol. The Labute approximate surface area is 253 Å². The largest absolute Gasteiger partial charge is 0.390 e. The van der Waals surface area contributed by atoms with Crippen LogP contribution in [-0.4, -0.2) is 108 Å². The summed E-state index contributed by atoms with van der Waals surface area (Å²) in [7, 11) is 0. The van der Waals surface area contributed by atoms with Crippen LogP contribution in [0.5, 0.6) is 0 Å². The number of aliphatic hydroxyl groups is 4. The van der Waals surface area contributed by atoms with Gasteiger partial charge in [-0.2, -0.15) is 0 Å². The smallest absolute Gasteiger partial charge is 0.252 e. The second-order valence-electron chi connectivity index (χ2n) is 11.0. The van der Waals surface area contributed by atoms with E-state index in [1.165, 1.54) is 17.5 Å². The predicted molar refractivity (Wildman–Crippen MR) is 159 cm³/mol. The van der Waals surface area contributed by atoms with Gasteiger partial charge in [0, 0.05) is 44.7 Å². The summed E-state index contributed by atoms with van der Waals surface area (Å²) in [5, 5.41) is 53.5. The van der Waals surface area contributed by atoms with Gasteiger partial charge in [-0.15, -0.1) is 0 Å². The first-order valence-electron chi connectivity index (χ1n) is 14.5. The topological polar surface area (TPSA) is 199 Å². The number of β-amino-alcohol motifs (C(OH)–C–C–N with tert-alkyl or cyclic N) is 1. The van der Waals surface area contributed by atoms with Crippen LogP contribution in [0.2, 0.25) is 0 Å². The number of imidazole rings is 1. The Balaban J connectivity index is 1.08. The highest BCUT2D eigenvalue weighted by molar-refractivity contribution is 5.83. The lowest BCUT2D eigenvalue weighted by atomic mass is 9.91. The summed E-state index contributed by atoms with van der Waals surface area (Å²) >= 11 is 0. The van der Waals surface area contributed by atoms with Crippen molar-refractivity contribution < 1.29 is 30.0 Å². The van der Waals surface area contributed by atoms with E-state index in [-0.39, 0.29) is 19.0 Å². The maximum absolute atomic E-state index is 12.9. The maximum Gasteiger partial charge on any atom is 0.252 e. The zero-order valence-corrected chi connectivity index (χ0v) is 23.8. The van der Waals surface area contributed by atoms with E-state index in [1.807, 2.05) is 36.4 Å². The Morgan fingerprint density at radius 2 is 1.73 bits per heavy atom. The highest BCUT2D eigenvalue weighted by Crippen LogP contribution is 2.29. The number of fused-ring (bicyclic) bond motifs is 1. The Bertz CT molecular complexity index is 1520. The summed E-state index contributed by atoms with van der Waals surface area (Å²) in [5.74, 6) is -0.0479. The van der Waals surface area contributed by atoms with Crippen molar-refractivity contribution in [3.05, 3.63) is 84.4 Å². The molecule has 0 aliphatic carbocycles. The molecule has 232 valence electrons. The molecule has 14 heteroatoms. The Hall–Kier alpha value is -4.02. The number of anilines is 1. The van der Waals surface area contributed by atoms with E-state index in [1.54, 1.807) is 10.9 Å². The fraction of sp³-hybridized carbons (Fsp3) is 0.400. The number of benzene rings is 2. The van der Waals surface area contributed by atoms with Crippen LogP contribution >= 0.6 is 0 Å². The lowest BCUT2D eigenvalue weighted by Crippen LogP contribution is -2.65. The van der Waals surface area contributed by atoms with Gasteiger partial charge in [-0.3, -0.25) is 10.1 Å². The van der Waals surface area contributed by atoms with Gasteiger partial charge >= 0.3 is 0 Å². The van der Waals surface area contributed by atoms with Crippen LogP contribution in [0.15, 0.2) is 73.3 Å². The summed E-state index contributed by atoms with van der Waals surface area (Å²) in [6.45, 7) is 1.60. The first kappa shape index (κ1) is 30.0. The number of hydrogen-bond donors (Lipinski definition) is 8. The molecule has 4 heterocycles. The van der Waals surface area contributed by atoms with Gasteiger partial charge in [0.2, 0.25) is 6.29 Å². The van der Waals surface area contributed by atoms with Crippen LogP contribution in [0.1, 0.15) is 17.0 Å². The second kappa shape index (κ2) is 12.9. The van der Waals surface area contributed by atoms with Gasteiger partial charge in [0.25, 0.3) is 5.91 Å². The molecule has 1 amide bonds. The molecule has 6 atom stereocenters. The molecule has 8 N–H and O–H groups in total. The monoisotopic (exact) mass is 604 g/mol. The molecule has 0 radical (unpaired) electrons. The third-order valence-electron chi connectivity index (χ3n) is 8.18. The van der Waals surface area contributed by atoms with Gasteiger partial charge in [-0.25, -0.2) is 15.0 Å². The van der Waals surface area contributed by atoms with Gasteiger partial charge in [-0.05, 0) is 11.1 Å². The quantitative estimate of drug-likeness (QED) is 0.0961. The van der Waals surface area contributed by atoms with Gasteiger partial charge in [0.05, 0.1) is 12.4 Å². The van der Waals surface area contributed by atoms with Gasteiger partial charge in [0.1, 0.15) is 17.9 Å². The molecule has 2 aliphatic heterocycles. The van der Waals surface area contributed by atoms with E-state index in [0.717, 1.165) is 0 Å². The molecule has 0 spiro atoms. The van der Waals surface area contributed by atoms with Gasteiger partial charge < -0.3 is 45.7 Å². The molecule has 2 unspecified atom stereocenters. The van der Waals surface area contributed by atoms with Crippen molar-refractivity contribution in [2.75, 3.05) is 31.5 Å². The minimum atomic E-state index is -2.33. The highest BCUT2D eigenvalue weighted by Gasteiger charge is 2.58. The lowest BCUT2D eigenvalue weighted by molar-refractivity contribution is -0.195. The molecule has 4 aromatic rings. The zero-order chi connectivity index (χ0) is 30.7. The van der Waals surface area contributed by atoms with E-state index < -0.39 is 42.3 Å². The van der Waals surface area contributed by atoms with Crippen LogP contribution in [0.4, 0.5) is 5.82 Å². The van der Waals surface area contributed by atoms with E-state index in [4.69, 9.17) is 4.74 Å². The first-order chi connectivity index (χ1) is 21.3. The third-order valence-corrected chi connectivity index (χ3v) is 8.18. The average Bonchev–Trinajstić information content (AvgIpc) is 3.71. The Kier molecular flexibility index (Phi) is 8.81. The van der Waals surface area contributed by atoms with Crippen LogP contribution in [0.3, 0.4) is 0 Å². The van der Waals surface area contributed by atoms with Crippen LogP contribution in [0, 0.1) is 0 Å². The second-order valence-corrected chi connectivity index (χ2v) is 11.0. The molecule has 2 aromatic heterocycles. The van der Waals surface area contributed by atoms with Crippen LogP contribution in [0.25, 0.3) is 11.2 Å². The van der Waals surface area contributed by atoms with Gasteiger partial charge in [0.15, 0.2) is 23.3 Å². The molecular weight excluding hydrogens is 568 g/mol. The molecule has 14 nitrogen and oxygen atoms in total. The van der Waals surface area contributed by atoms with Crippen molar-refractivity contribution >= 4 is 22.9 Å². The minimum absolute atomic E-state index is 0.0825. The van der Waals surface area contributed by atoms with E-state index >= 15 is 0 Å². The molecule has 0 saturated carbocycles. The van der Waals surface area contributed by atoms with Crippen molar-refractivity contribution in [2.24, 2.45) is 0 Å². The minimum Gasteiger partial charge on any atom is -0.390 e. The molecular formula is C30H36N8O6. The molecule has 0 bridgehead atoms. The molecule has 6 rings (SSSR count). The van der Waals surface area contributed by atoms with Crippen molar-refractivity contribution in [1.29, 1.82) is 0 Å². The number of nitrogens with zero attached hydrogens (tertiary/aromatic N) is 4. The summed E-state index contributed by atoms with van der Waals surface area (Å²) in [6.07, 6.45) is -2.98. The number of ether oxygens (including phenoxy) is 1. The fourth-order valence-corrected chi connectivity index (χ4v) is 5.74. The summed E-state index contributed by atoms with van der Waals surface area (Å²) < 4.78 is 6.98. The fourth-order valence-electron chi connectivity index (χ4n) is 5.74. The van der Waals surface area contributed by atoms with Crippen molar-refractivity contribution in [3.63, 3.8) is 0 Å². The molecule has 2 saturated heterocycles. The van der Waals surface area contributed by atoms with E-state index in [9.17, 15) is 25.2 Å². The van der Waals surface area contributed by atoms with E-state index in [0.29, 0.717) is 36.6 Å². The summed E-state index contributed by atoms with van der Waals surface area (Å²) in [4.78, 5) is 26.2. The van der Waals surface area contributed by atoms with Crippen molar-refractivity contribution in [2.45, 2.75) is 48.8 Å². The molecule has 2 aromatic carbocycles. The number of aliphatic hydroxyl groups excluding tert-OH is 3. The van der Waals surface area contributed by atoms with Gasteiger partial charge in [-0.1, -0.05) is 60.7 Å². The summed E-state index contributed by atoms with van der Waals surface area (Å²) in [5.41, 5.74) is 1.16. The number of hydrogen-bond acceptors (Lipinski definition) is 12. The third kappa shape index (κ3) is 6.01. The van der Waals surface area contributed by atoms with Crippen LogP contribution in [-0.2, 0) is 16.1 Å². The number of carbonyl (C=O) groups is 1. The number of carbonyl (C=O) groups excluding carboxylic acids is 1.